The summed E-state index contributed by atoms with van der Waals surface area (Å²) in [7, 11) is 0. The van der Waals surface area contributed by atoms with Gasteiger partial charge in [-0.25, -0.2) is 0 Å². The van der Waals surface area contributed by atoms with Gasteiger partial charge in [-0.15, -0.1) is 28.5 Å². The summed E-state index contributed by atoms with van der Waals surface area (Å²) in [6, 6.07) is 3.64. The molecule has 0 nitrogen and oxygen atoms in total. The molecule has 0 saturated heterocycles. The van der Waals surface area contributed by atoms with Crippen LogP contribution in [0.4, 0.5) is 0 Å². The van der Waals surface area contributed by atoms with Crippen LogP contribution in [0.5, 0.6) is 0 Å². The second kappa shape index (κ2) is 5.78. The molecule has 11 heavy (non-hydrogen) atoms. The van der Waals surface area contributed by atoms with Crippen LogP contribution in [0.25, 0.3) is 0 Å². The largest absolute Gasteiger partial charge is 0.137 e. The molecule has 0 unspecified atom stereocenters. The van der Waals surface area contributed by atoms with Crippen LogP contribution in [0, 0.1) is 0 Å². The Bertz CT molecular complexity index is 122. The fourth-order valence-electron chi connectivity index (χ4n) is 1.25. The molecule has 0 aromatic carbocycles. The maximum absolute atomic E-state index is 3.86. The molecule has 0 atom stereocenters. The molecule has 0 aromatic rings. The number of rotatable bonds is 6. The van der Waals surface area contributed by atoms with Crippen molar-refractivity contribution in [2.24, 2.45) is 0 Å². The van der Waals surface area contributed by atoms with E-state index in [1.54, 1.807) is 0 Å². The van der Waals surface area contributed by atoms with Crippen molar-refractivity contribution in [1.29, 1.82) is 0 Å². The van der Waals surface area contributed by atoms with Gasteiger partial charge in [-0.3, -0.25) is 0 Å². The van der Waals surface area contributed by atoms with E-state index in [0.29, 0.717) is 0 Å². The molecular weight excluding hydrogens is 216 g/mol. The van der Waals surface area contributed by atoms with Gasteiger partial charge in [0.25, 0.3) is 0 Å². The Morgan fingerprint density at radius 1 is 1.27 bits per heavy atom. The minimum atomic E-state index is -1.17. The van der Waals surface area contributed by atoms with Gasteiger partial charge < -0.3 is 0 Å². The quantitative estimate of drug-likeness (QED) is 0.368. The molecule has 0 aliphatic rings. The van der Waals surface area contributed by atoms with Gasteiger partial charge in [0.15, 0.2) is 0 Å². The highest BCUT2D eigenvalue weighted by Gasteiger charge is 2.25. The van der Waals surface area contributed by atoms with Gasteiger partial charge in [-0.1, -0.05) is 25.5 Å². The van der Waals surface area contributed by atoms with Crippen LogP contribution in [-0.2, 0) is 0 Å². The Morgan fingerprint density at radius 2 is 1.73 bits per heavy atom. The molecule has 0 amide bonds. The van der Waals surface area contributed by atoms with Gasteiger partial charge in [0.1, 0.15) is 6.69 Å². The molecule has 0 heterocycles. The first-order chi connectivity index (χ1) is 5.18. The molecule has 0 fully saturated rings. The molecular formula is C9H17BrSi. The van der Waals surface area contributed by atoms with Gasteiger partial charge in [0.2, 0.25) is 0 Å². The lowest BCUT2D eigenvalue weighted by Gasteiger charge is -2.20. The van der Waals surface area contributed by atoms with Crippen molar-refractivity contribution in [3.8, 4) is 0 Å². The summed E-state index contributed by atoms with van der Waals surface area (Å²) in [6.45, 7) is 8.62. The minimum absolute atomic E-state index is 1.16. The number of hydrogen-bond donors (Lipinski definition) is 0. The zero-order valence-corrected chi connectivity index (χ0v) is 9.86. The third kappa shape index (κ3) is 4.59. The van der Waals surface area contributed by atoms with Crippen molar-refractivity contribution in [3.63, 3.8) is 0 Å². The van der Waals surface area contributed by atoms with Crippen molar-refractivity contribution in [2.75, 3.05) is 0 Å². The van der Waals surface area contributed by atoms with Crippen LogP contribution < -0.4 is 0 Å². The Kier molecular flexibility index (Phi) is 5.87. The smallest absolute Gasteiger partial charge is 0.126 e. The van der Waals surface area contributed by atoms with E-state index in [4.69, 9.17) is 0 Å². The van der Waals surface area contributed by atoms with E-state index in [2.05, 4.69) is 35.4 Å². The van der Waals surface area contributed by atoms with Crippen molar-refractivity contribution >= 4 is 22.0 Å². The Morgan fingerprint density at radius 3 is 2.00 bits per heavy atom. The van der Waals surface area contributed by atoms with Crippen molar-refractivity contribution in [3.05, 3.63) is 25.3 Å². The van der Waals surface area contributed by atoms with E-state index >= 15 is 0 Å². The molecule has 0 aliphatic heterocycles. The molecule has 64 valence electrons. The third-order valence-corrected chi connectivity index (χ3v) is 8.29. The Hall–Kier alpha value is 0.177. The van der Waals surface area contributed by atoms with Gasteiger partial charge in [0.05, 0.1) is 0 Å². The first-order valence-electron chi connectivity index (χ1n) is 4.09. The highest BCUT2D eigenvalue weighted by atomic mass is 79.9. The highest BCUT2D eigenvalue weighted by molar-refractivity contribution is 9.26. The van der Waals surface area contributed by atoms with Crippen LogP contribution in [-0.4, -0.2) is 6.69 Å². The number of allylic oxidation sites excluding steroid dienone is 2. The zero-order valence-electron chi connectivity index (χ0n) is 7.28. The van der Waals surface area contributed by atoms with Crippen LogP contribution >= 0.6 is 15.3 Å². The van der Waals surface area contributed by atoms with Crippen LogP contribution in [0.3, 0.4) is 0 Å². The van der Waals surface area contributed by atoms with Crippen LogP contribution in [0.1, 0.15) is 13.3 Å². The first-order valence-corrected chi connectivity index (χ1v) is 8.97. The summed E-state index contributed by atoms with van der Waals surface area (Å²) in [4.78, 5) is 0. The van der Waals surface area contributed by atoms with E-state index in [0.717, 1.165) is 12.1 Å². The monoisotopic (exact) mass is 232 g/mol. The van der Waals surface area contributed by atoms with Gasteiger partial charge in [-0.05, 0) is 18.1 Å². The maximum atomic E-state index is 3.86. The lowest BCUT2D eigenvalue weighted by molar-refractivity contribution is 1.05. The van der Waals surface area contributed by atoms with Crippen LogP contribution in [0.2, 0.25) is 18.1 Å². The summed E-state index contributed by atoms with van der Waals surface area (Å²) in [5.74, 6) is 0. The fourth-order valence-corrected chi connectivity index (χ4v) is 6.32. The number of halogens is 1. The van der Waals surface area contributed by atoms with Crippen molar-refractivity contribution < 1.29 is 0 Å². The van der Waals surface area contributed by atoms with Gasteiger partial charge >= 0.3 is 0 Å². The second-order valence-corrected chi connectivity index (χ2v) is 11.6. The molecule has 0 radical (unpaired) electrons. The predicted octanol–water partition coefficient (Wildman–Crippen LogP) is 4.11. The maximum Gasteiger partial charge on any atom is 0.137 e. The SMILES string of the molecule is C=CC[Si](Br)(CC=C)CCC. The summed E-state index contributed by atoms with van der Waals surface area (Å²) >= 11 is 3.86. The zero-order chi connectivity index (χ0) is 8.74. The van der Waals surface area contributed by atoms with Gasteiger partial charge in [-0.2, -0.15) is 0 Å². The lowest BCUT2D eigenvalue weighted by Crippen LogP contribution is -2.23. The normalized spacial score (nSPS) is 11.1. The molecule has 0 aliphatic carbocycles. The average molecular weight is 233 g/mol. The number of hydrogen-bond acceptors (Lipinski definition) is 0. The van der Waals surface area contributed by atoms with E-state index in [1.165, 1.54) is 12.5 Å². The van der Waals surface area contributed by atoms with E-state index in [1.807, 2.05) is 12.2 Å². The summed E-state index contributed by atoms with van der Waals surface area (Å²) < 4.78 is 0. The molecule has 2 heteroatoms. The van der Waals surface area contributed by atoms with E-state index in [-0.39, 0.29) is 0 Å². The fraction of sp³-hybridized carbons (Fsp3) is 0.556. The third-order valence-electron chi connectivity index (χ3n) is 1.72. The Labute approximate surface area is 79.0 Å². The molecule has 0 aromatic heterocycles. The van der Waals surface area contributed by atoms with Crippen LogP contribution in [0.15, 0.2) is 25.3 Å². The topological polar surface area (TPSA) is 0 Å². The average Bonchev–Trinajstić information content (AvgIpc) is 1.88. The predicted molar refractivity (Wildman–Crippen MR) is 59.8 cm³/mol. The highest BCUT2D eigenvalue weighted by Crippen LogP contribution is 2.29. The molecule has 0 spiro atoms. The molecule has 0 N–H and O–H groups in total. The first kappa shape index (κ1) is 11.2. The summed E-state index contributed by atoms with van der Waals surface area (Å²) in [5.41, 5.74) is 0. The standard InChI is InChI=1S/C9H17BrSi/c1-4-7-11(10,8-5-2)9-6-3/h4-5H,1-2,6-9H2,3H3. The Balaban J connectivity index is 3.98. The molecule has 0 bridgehead atoms. The molecule has 0 rings (SSSR count). The summed E-state index contributed by atoms with van der Waals surface area (Å²) in [5, 5.41) is 0. The van der Waals surface area contributed by atoms with E-state index < -0.39 is 6.69 Å². The van der Waals surface area contributed by atoms with Crippen molar-refractivity contribution in [1.82, 2.24) is 0 Å². The lowest BCUT2D eigenvalue weighted by atomic mass is 10.6. The van der Waals surface area contributed by atoms with Crippen molar-refractivity contribution in [2.45, 2.75) is 31.5 Å². The van der Waals surface area contributed by atoms with Gasteiger partial charge in [0, 0.05) is 0 Å². The molecule has 0 saturated carbocycles. The van der Waals surface area contributed by atoms with E-state index in [9.17, 15) is 0 Å². The summed E-state index contributed by atoms with van der Waals surface area (Å²) in [6.07, 6.45) is 5.32. The second-order valence-electron chi connectivity index (χ2n) is 2.89. The minimum Gasteiger partial charge on any atom is -0.126 e.